The van der Waals surface area contributed by atoms with Gasteiger partial charge in [-0.25, -0.2) is 0 Å². The van der Waals surface area contributed by atoms with Gasteiger partial charge in [0.05, 0.1) is 5.52 Å². The molecular formula is C12H8N2O. The fraction of sp³-hybridized carbons (Fsp3) is 0. The van der Waals surface area contributed by atoms with Gasteiger partial charge >= 0.3 is 0 Å². The highest BCUT2D eigenvalue weighted by molar-refractivity contribution is 5.96. The second-order valence-electron chi connectivity index (χ2n) is 3.46. The van der Waals surface area contributed by atoms with E-state index < -0.39 is 0 Å². The molecule has 2 aromatic carbocycles. The minimum Gasteiger partial charge on any atom is -0.492 e. The molecule has 0 saturated heterocycles. The largest absolute Gasteiger partial charge is 0.492 e. The number of nitrogens with zero attached hydrogens (tertiary/aromatic N) is 2. The van der Waals surface area contributed by atoms with Gasteiger partial charge in [-0.1, -0.05) is 24.3 Å². The summed E-state index contributed by atoms with van der Waals surface area (Å²) in [5.41, 5.74) is 0.798. The van der Waals surface area contributed by atoms with Gasteiger partial charge in [0.2, 0.25) is 5.88 Å². The first-order valence-corrected chi connectivity index (χ1v) is 4.68. The first-order valence-electron chi connectivity index (χ1n) is 4.68. The number of benzene rings is 2. The van der Waals surface area contributed by atoms with Gasteiger partial charge in [0.1, 0.15) is 0 Å². The van der Waals surface area contributed by atoms with Crippen LogP contribution in [-0.2, 0) is 0 Å². The third kappa shape index (κ3) is 1.29. The highest BCUT2D eigenvalue weighted by atomic mass is 16.3. The molecule has 0 bridgehead atoms. The second-order valence-corrected chi connectivity index (χ2v) is 3.46. The van der Waals surface area contributed by atoms with E-state index in [9.17, 15) is 5.11 Å². The van der Waals surface area contributed by atoms with Crippen LogP contribution in [0.3, 0.4) is 0 Å². The molecule has 1 aromatic heterocycles. The van der Waals surface area contributed by atoms with E-state index in [-0.39, 0.29) is 5.88 Å². The molecule has 1 N–H and O–H groups in total. The van der Waals surface area contributed by atoms with Crippen molar-refractivity contribution in [1.29, 1.82) is 0 Å². The maximum atomic E-state index is 9.23. The van der Waals surface area contributed by atoms with Crippen molar-refractivity contribution < 1.29 is 5.11 Å². The molecule has 3 rings (SSSR count). The van der Waals surface area contributed by atoms with E-state index in [0.29, 0.717) is 0 Å². The molecule has 0 aliphatic rings. The number of aromatic nitrogens is 2. The van der Waals surface area contributed by atoms with Crippen LogP contribution in [0, 0.1) is 0 Å². The van der Waals surface area contributed by atoms with Crippen LogP contribution in [0.5, 0.6) is 5.88 Å². The summed E-state index contributed by atoms with van der Waals surface area (Å²) in [6, 6.07) is 13.6. The van der Waals surface area contributed by atoms with Crippen molar-refractivity contribution in [2.75, 3.05) is 0 Å². The van der Waals surface area contributed by atoms with Crippen LogP contribution in [0.1, 0.15) is 0 Å². The fourth-order valence-electron chi connectivity index (χ4n) is 1.72. The van der Waals surface area contributed by atoms with Gasteiger partial charge < -0.3 is 5.11 Å². The topological polar surface area (TPSA) is 46.0 Å². The molecule has 0 spiro atoms. The molecule has 3 aromatic rings. The van der Waals surface area contributed by atoms with Crippen molar-refractivity contribution in [2.24, 2.45) is 0 Å². The monoisotopic (exact) mass is 196 g/mol. The van der Waals surface area contributed by atoms with E-state index in [4.69, 9.17) is 0 Å². The minimum atomic E-state index is -0.0437. The number of hydrogen-bond donors (Lipinski definition) is 1. The lowest BCUT2D eigenvalue weighted by Gasteiger charge is -2.00. The zero-order valence-electron chi connectivity index (χ0n) is 7.88. The maximum Gasteiger partial charge on any atom is 0.231 e. The van der Waals surface area contributed by atoms with E-state index in [1.54, 1.807) is 6.07 Å². The summed E-state index contributed by atoms with van der Waals surface area (Å²) in [6.45, 7) is 0. The van der Waals surface area contributed by atoms with Gasteiger partial charge in [0.15, 0.2) is 0 Å². The van der Waals surface area contributed by atoms with Gasteiger partial charge in [0.25, 0.3) is 0 Å². The van der Waals surface area contributed by atoms with Crippen molar-refractivity contribution in [2.45, 2.75) is 0 Å². The van der Waals surface area contributed by atoms with Crippen molar-refractivity contribution >= 4 is 21.7 Å². The fourth-order valence-corrected chi connectivity index (χ4v) is 1.72. The zero-order chi connectivity index (χ0) is 10.3. The average molecular weight is 196 g/mol. The summed E-state index contributed by atoms with van der Waals surface area (Å²) in [5.74, 6) is -0.0437. The summed E-state index contributed by atoms with van der Waals surface area (Å²) >= 11 is 0. The third-order valence-electron chi connectivity index (χ3n) is 2.44. The Labute approximate surface area is 86.0 Å². The van der Waals surface area contributed by atoms with Gasteiger partial charge in [-0.15, -0.1) is 10.2 Å². The van der Waals surface area contributed by atoms with E-state index in [2.05, 4.69) is 10.2 Å². The Kier molecular flexibility index (Phi) is 1.59. The lowest BCUT2D eigenvalue weighted by molar-refractivity contribution is 0.447. The molecule has 0 radical (unpaired) electrons. The second kappa shape index (κ2) is 2.92. The Morgan fingerprint density at radius 2 is 1.53 bits per heavy atom. The molecule has 72 valence electrons. The highest BCUT2D eigenvalue weighted by Crippen LogP contribution is 2.22. The number of aromatic hydroxyl groups is 1. The summed E-state index contributed by atoms with van der Waals surface area (Å²) in [4.78, 5) is 0. The van der Waals surface area contributed by atoms with Crippen molar-refractivity contribution in [3.8, 4) is 5.88 Å². The van der Waals surface area contributed by atoms with Gasteiger partial charge in [-0.05, 0) is 22.9 Å². The summed E-state index contributed by atoms with van der Waals surface area (Å²) in [7, 11) is 0. The zero-order valence-corrected chi connectivity index (χ0v) is 7.88. The number of rotatable bonds is 0. The Hall–Kier alpha value is -2.16. The SMILES string of the molecule is Oc1cc2cc3ccccc3cc2nn1. The quantitative estimate of drug-likeness (QED) is 0.562. The molecule has 0 atom stereocenters. The number of hydrogen-bond acceptors (Lipinski definition) is 3. The molecular weight excluding hydrogens is 188 g/mol. The Bertz CT molecular complexity index is 649. The van der Waals surface area contributed by atoms with Crippen molar-refractivity contribution in [3.63, 3.8) is 0 Å². The van der Waals surface area contributed by atoms with Crippen LogP contribution < -0.4 is 0 Å². The smallest absolute Gasteiger partial charge is 0.231 e. The first kappa shape index (κ1) is 8.17. The van der Waals surface area contributed by atoms with Crippen molar-refractivity contribution in [1.82, 2.24) is 10.2 Å². The Morgan fingerprint density at radius 3 is 2.33 bits per heavy atom. The van der Waals surface area contributed by atoms with Gasteiger partial charge in [0, 0.05) is 11.5 Å². The molecule has 1 heterocycles. The van der Waals surface area contributed by atoms with Crippen LogP contribution >= 0.6 is 0 Å². The normalized spacial score (nSPS) is 10.9. The highest BCUT2D eigenvalue weighted by Gasteiger charge is 2.00. The van der Waals surface area contributed by atoms with Crippen LogP contribution in [0.4, 0.5) is 0 Å². The molecule has 3 heteroatoms. The standard InChI is InChI=1S/C12H8N2O/c15-12-7-10-5-8-3-1-2-4-9(8)6-11(10)13-14-12/h1-7H,(H,14,15). The average Bonchev–Trinajstić information content (AvgIpc) is 2.26. The third-order valence-corrected chi connectivity index (χ3v) is 2.44. The number of fused-ring (bicyclic) bond motifs is 2. The van der Waals surface area contributed by atoms with E-state index in [0.717, 1.165) is 21.7 Å². The van der Waals surface area contributed by atoms with E-state index in [1.165, 1.54) is 0 Å². The van der Waals surface area contributed by atoms with E-state index in [1.807, 2.05) is 36.4 Å². The first-order chi connectivity index (χ1) is 7.33. The molecule has 3 nitrogen and oxygen atoms in total. The minimum absolute atomic E-state index is 0.0437. The molecule has 15 heavy (non-hydrogen) atoms. The molecule has 0 aliphatic carbocycles. The predicted octanol–water partition coefficient (Wildman–Crippen LogP) is 2.49. The predicted molar refractivity (Wildman–Crippen MR) is 58.7 cm³/mol. The van der Waals surface area contributed by atoms with Crippen LogP contribution in [-0.4, -0.2) is 15.3 Å². The maximum absolute atomic E-state index is 9.23. The molecule has 0 saturated carbocycles. The van der Waals surface area contributed by atoms with E-state index >= 15 is 0 Å². The lowest BCUT2D eigenvalue weighted by atomic mass is 10.1. The Morgan fingerprint density at radius 1 is 0.800 bits per heavy atom. The van der Waals surface area contributed by atoms with Crippen LogP contribution in [0.15, 0.2) is 42.5 Å². The summed E-state index contributed by atoms with van der Waals surface area (Å²) < 4.78 is 0. The van der Waals surface area contributed by atoms with Gasteiger partial charge in [-0.3, -0.25) is 0 Å². The van der Waals surface area contributed by atoms with Crippen molar-refractivity contribution in [3.05, 3.63) is 42.5 Å². The molecule has 0 aliphatic heterocycles. The molecule has 0 amide bonds. The van der Waals surface area contributed by atoms with Crippen LogP contribution in [0.25, 0.3) is 21.7 Å². The molecule has 0 unspecified atom stereocenters. The summed E-state index contributed by atoms with van der Waals surface area (Å²) in [6.07, 6.45) is 0. The van der Waals surface area contributed by atoms with Gasteiger partial charge in [-0.2, -0.15) is 0 Å². The summed E-state index contributed by atoms with van der Waals surface area (Å²) in [5, 5.41) is 19.9. The molecule has 0 fully saturated rings. The van der Waals surface area contributed by atoms with Crippen LogP contribution in [0.2, 0.25) is 0 Å². The lowest BCUT2D eigenvalue weighted by Crippen LogP contribution is -1.84. The Balaban J connectivity index is 2.47.